The number of nitrogens with zero attached hydrogens (tertiary/aromatic N) is 1. The summed E-state index contributed by atoms with van der Waals surface area (Å²) in [6, 6.07) is 1.56. The lowest BCUT2D eigenvalue weighted by molar-refractivity contribution is 0.149. The maximum Gasteiger partial charge on any atom is 0.266 e. The Morgan fingerprint density at radius 2 is 2.23 bits per heavy atom. The molecule has 0 bridgehead atoms. The molecule has 2 nitrogen and oxygen atoms in total. The first-order valence-corrected chi connectivity index (χ1v) is 5.26. The van der Waals surface area contributed by atoms with Gasteiger partial charge in [-0.1, -0.05) is 0 Å². The molecule has 0 saturated heterocycles. The van der Waals surface area contributed by atoms with Crippen LogP contribution in [-0.2, 0) is 6.54 Å². The fraction of sp³-hybridized carbons (Fsp3) is 0.286. The quantitative estimate of drug-likeness (QED) is 0.649. The summed E-state index contributed by atoms with van der Waals surface area (Å²) in [4.78, 5) is 3.87. The number of halogens is 4. The first kappa shape index (κ1) is 11.3. The molecule has 1 heterocycles. The van der Waals surface area contributed by atoms with Crippen molar-refractivity contribution in [3.05, 3.63) is 25.5 Å². The van der Waals surface area contributed by atoms with Gasteiger partial charge in [0.05, 0.1) is 5.56 Å². The summed E-state index contributed by atoms with van der Waals surface area (Å²) < 4.78 is 25.8. The van der Waals surface area contributed by atoms with E-state index in [4.69, 9.17) is 5.73 Å². The Morgan fingerprint density at radius 1 is 1.62 bits per heavy atom. The van der Waals surface area contributed by atoms with Gasteiger partial charge >= 0.3 is 0 Å². The predicted octanol–water partition coefficient (Wildman–Crippen LogP) is 2.85. The predicted molar refractivity (Wildman–Crippen MR) is 57.5 cm³/mol. The van der Waals surface area contributed by atoms with Gasteiger partial charge in [-0.05, 0) is 50.2 Å². The molecule has 0 atom stereocenters. The molecule has 0 amide bonds. The van der Waals surface area contributed by atoms with E-state index in [0.717, 1.165) is 0 Å². The number of rotatable bonds is 2. The van der Waals surface area contributed by atoms with Crippen molar-refractivity contribution >= 4 is 38.5 Å². The van der Waals surface area contributed by atoms with Gasteiger partial charge in [-0.3, -0.25) is 0 Å². The Kier molecular flexibility index (Phi) is 3.99. The first-order chi connectivity index (χ1) is 6.06. The number of pyridine rings is 1. The van der Waals surface area contributed by atoms with Crippen LogP contribution >= 0.6 is 38.5 Å². The van der Waals surface area contributed by atoms with Crippen LogP contribution in [0.25, 0.3) is 0 Å². The van der Waals surface area contributed by atoms with Crippen LogP contribution in [0.15, 0.2) is 10.7 Å². The Bertz CT molecular complexity index is 320. The topological polar surface area (TPSA) is 38.9 Å². The zero-order chi connectivity index (χ0) is 10.0. The van der Waals surface area contributed by atoms with Gasteiger partial charge in [-0.15, -0.1) is 0 Å². The molecule has 0 spiro atoms. The number of hydrogen-bond acceptors (Lipinski definition) is 2. The van der Waals surface area contributed by atoms with Crippen LogP contribution in [0.1, 0.15) is 17.6 Å². The van der Waals surface area contributed by atoms with Crippen LogP contribution in [0.3, 0.4) is 0 Å². The monoisotopic (exact) mass is 362 g/mol. The van der Waals surface area contributed by atoms with Gasteiger partial charge in [-0.2, -0.15) is 0 Å². The van der Waals surface area contributed by atoms with Gasteiger partial charge in [0.25, 0.3) is 6.43 Å². The molecule has 0 fully saturated rings. The minimum Gasteiger partial charge on any atom is -0.326 e. The molecule has 6 heteroatoms. The van der Waals surface area contributed by atoms with Gasteiger partial charge in [0.15, 0.2) is 0 Å². The summed E-state index contributed by atoms with van der Waals surface area (Å²) in [5.41, 5.74) is 5.66. The summed E-state index contributed by atoms with van der Waals surface area (Å²) in [5, 5.41) is 0. The molecular weight excluding hydrogens is 357 g/mol. The van der Waals surface area contributed by atoms with E-state index >= 15 is 0 Å². The maximum atomic E-state index is 12.5. The highest BCUT2D eigenvalue weighted by Gasteiger charge is 2.17. The van der Waals surface area contributed by atoms with Crippen molar-refractivity contribution in [3.63, 3.8) is 0 Å². The fourth-order valence-electron chi connectivity index (χ4n) is 0.939. The minimum absolute atomic E-state index is 0.0940. The third-order valence-electron chi connectivity index (χ3n) is 1.50. The van der Waals surface area contributed by atoms with E-state index in [1.54, 1.807) is 6.07 Å². The summed E-state index contributed by atoms with van der Waals surface area (Å²) in [6.07, 6.45) is -2.54. The lowest BCUT2D eigenvalue weighted by Gasteiger charge is -2.08. The van der Waals surface area contributed by atoms with Crippen molar-refractivity contribution in [2.45, 2.75) is 13.0 Å². The van der Waals surface area contributed by atoms with Crippen LogP contribution < -0.4 is 5.73 Å². The van der Waals surface area contributed by atoms with Crippen molar-refractivity contribution in [1.82, 2.24) is 4.98 Å². The molecule has 1 aromatic heterocycles. The summed E-state index contributed by atoms with van der Waals surface area (Å²) >= 11 is 4.94. The smallest absolute Gasteiger partial charge is 0.266 e. The highest BCUT2D eigenvalue weighted by molar-refractivity contribution is 14.1. The summed E-state index contributed by atoms with van der Waals surface area (Å²) in [5.74, 6) is 0. The number of nitrogens with two attached hydrogens (primary N) is 1. The number of aromatic nitrogens is 1. The van der Waals surface area contributed by atoms with Gasteiger partial charge in [0, 0.05) is 6.54 Å². The standard InChI is InChI=1S/C7H6BrF2IN2/c8-6-5(7(9)10)3(2-12)1-4(11)13-6/h1,7H,2,12H2. The van der Waals surface area contributed by atoms with Gasteiger partial charge in [-0.25, -0.2) is 13.8 Å². The van der Waals surface area contributed by atoms with Crippen molar-refractivity contribution in [2.24, 2.45) is 5.73 Å². The molecule has 2 N–H and O–H groups in total. The maximum absolute atomic E-state index is 12.5. The minimum atomic E-state index is -2.54. The summed E-state index contributed by atoms with van der Waals surface area (Å²) in [6.45, 7) is 0.0940. The van der Waals surface area contributed by atoms with E-state index in [0.29, 0.717) is 9.26 Å². The van der Waals surface area contributed by atoms with E-state index in [-0.39, 0.29) is 16.7 Å². The molecule has 0 aliphatic carbocycles. The van der Waals surface area contributed by atoms with Crippen molar-refractivity contribution in [2.75, 3.05) is 0 Å². The molecule has 13 heavy (non-hydrogen) atoms. The number of alkyl halides is 2. The zero-order valence-electron chi connectivity index (χ0n) is 6.40. The van der Waals surface area contributed by atoms with E-state index in [9.17, 15) is 8.78 Å². The van der Waals surface area contributed by atoms with Crippen molar-refractivity contribution < 1.29 is 8.78 Å². The highest BCUT2D eigenvalue weighted by atomic mass is 127. The van der Waals surface area contributed by atoms with Crippen LogP contribution in [0, 0.1) is 3.70 Å². The van der Waals surface area contributed by atoms with E-state index in [1.165, 1.54) is 0 Å². The van der Waals surface area contributed by atoms with Gasteiger partial charge < -0.3 is 5.73 Å². The molecule has 1 rings (SSSR count). The zero-order valence-corrected chi connectivity index (χ0v) is 10.1. The second-order valence-corrected chi connectivity index (χ2v) is 4.17. The molecule has 0 aliphatic rings. The van der Waals surface area contributed by atoms with Gasteiger partial charge in [0.1, 0.15) is 8.30 Å². The second kappa shape index (κ2) is 4.61. The normalized spacial score (nSPS) is 10.9. The SMILES string of the molecule is NCc1cc(I)nc(Br)c1C(F)F. The van der Waals surface area contributed by atoms with E-state index < -0.39 is 6.43 Å². The first-order valence-electron chi connectivity index (χ1n) is 3.39. The van der Waals surface area contributed by atoms with Crippen molar-refractivity contribution in [1.29, 1.82) is 0 Å². The fourth-order valence-corrected chi connectivity index (χ4v) is 2.51. The van der Waals surface area contributed by atoms with Gasteiger partial charge in [0.2, 0.25) is 0 Å². The Hall–Kier alpha value is 0.180. The van der Waals surface area contributed by atoms with Crippen LogP contribution in [0.4, 0.5) is 8.78 Å². The van der Waals surface area contributed by atoms with Crippen LogP contribution in [0.5, 0.6) is 0 Å². The average molecular weight is 363 g/mol. The molecule has 72 valence electrons. The third-order valence-corrected chi connectivity index (χ3v) is 2.66. The molecule has 0 aliphatic heterocycles. The Labute approximate surface area is 96.2 Å². The Balaban J connectivity index is 3.30. The molecule has 0 unspecified atom stereocenters. The van der Waals surface area contributed by atoms with E-state index in [1.807, 2.05) is 22.6 Å². The number of hydrogen-bond donors (Lipinski definition) is 1. The second-order valence-electron chi connectivity index (χ2n) is 2.31. The molecule has 1 aromatic rings. The molecule has 0 radical (unpaired) electrons. The Morgan fingerprint density at radius 3 is 2.69 bits per heavy atom. The lowest BCUT2D eigenvalue weighted by atomic mass is 10.1. The third kappa shape index (κ3) is 2.57. The van der Waals surface area contributed by atoms with E-state index in [2.05, 4.69) is 20.9 Å². The molecular formula is C7H6BrF2IN2. The highest BCUT2D eigenvalue weighted by Crippen LogP contribution is 2.29. The van der Waals surface area contributed by atoms with Crippen LogP contribution in [0.2, 0.25) is 0 Å². The largest absolute Gasteiger partial charge is 0.326 e. The lowest BCUT2D eigenvalue weighted by Crippen LogP contribution is -2.05. The average Bonchev–Trinajstić information content (AvgIpc) is 2.01. The molecule has 0 saturated carbocycles. The van der Waals surface area contributed by atoms with Crippen molar-refractivity contribution in [3.8, 4) is 0 Å². The summed E-state index contributed by atoms with van der Waals surface area (Å²) in [7, 11) is 0. The van der Waals surface area contributed by atoms with Crippen LogP contribution in [-0.4, -0.2) is 4.98 Å². The molecule has 0 aromatic carbocycles.